The summed E-state index contributed by atoms with van der Waals surface area (Å²) in [7, 11) is 0. The fraction of sp³-hybridized carbons (Fsp3) is 0.292. The number of fused-ring (bicyclic) bond motifs is 2. The molecular weight excluding hydrogens is 398 g/mol. The minimum atomic E-state index is -0.349. The molecule has 3 heterocycles. The Balaban J connectivity index is 1.29. The van der Waals surface area contributed by atoms with Gasteiger partial charge in [-0.2, -0.15) is 0 Å². The number of hydrogen-bond acceptors (Lipinski definition) is 4. The average Bonchev–Trinajstić information content (AvgIpc) is 3.22. The van der Waals surface area contributed by atoms with Gasteiger partial charge in [0.1, 0.15) is 5.58 Å². The number of aromatic amines is 1. The summed E-state index contributed by atoms with van der Waals surface area (Å²) in [6, 6.07) is 16.3. The number of halogens is 1. The van der Waals surface area contributed by atoms with Crippen LogP contribution in [0.2, 0.25) is 5.02 Å². The summed E-state index contributed by atoms with van der Waals surface area (Å²) >= 11 is 6.16. The highest BCUT2D eigenvalue weighted by Gasteiger charge is 2.24. The Morgan fingerprint density at radius 2 is 1.97 bits per heavy atom. The molecule has 1 aliphatic rings. The third kappa shape index (κ3) is 3.71. The molecule has 0 saturated carbocycles. The molecule has 154 valence electrons. The molecule has 1 aliphatic heterocycles. The molecule has 0 amide bonds. The van der Waals surface area contributed by atoms with E-state index in [0.29, 0.717) is 22.7 Å². The first-order valence-corrected chi connectivity index (χ1v) is 10.8. The lowest BCUT2D eigenvalue weighted by Gasteiger charge is -2.37. The molecule has 1 atom stereocenters. The number of nitrogens with one attached hydrogen (secondary N) is 2. The highest BCUT2D eigenvalue weighted by Crippen LogP contribution is 2.30. The molecule has 2 aromatic carbocycles. The Bertz CT molecular complexity index is 1250. The Labute approximate surface area is 179 Å². The lowest BCUT2D eigenvalue weighted by Crippen LogP contribution is -2.40. The number of piperidine rings is 1. The van der Waals surface area contributed by atoms with E-state index in [1.165, 1.54) is 22.5 Å². The van der Waals surface area contributed by atoms with Crippen LogP contribution in [0.1, 0.15) is 31.4 Å². The Kier molecular flexibility index (Phi) is 5.01. The van der Waals surface area contributed by atoms with Crippen molar-refractivity contribution in [3.8, 4) is 0 Å². The van der Waals surface area contributed by atoms with Crippen LogP contribution in [0.5, 0.6) is 0 Å². The van der Waals surface area contributed by atoms with Crippen molar-refractivity contribution in [2.45, 2.75) is 31.8 Å². The maximum atomic E-state index is 12.0. The molecule has 1 unspecified atom stereocenters. The van der Waals surface area contributed by atoms with Crippen molar-refractivity contribution in [3.63, 3.8) is 0 Å². The first-order valence-electron chi connectivity index (χ1n) is 10.4. The minimum absolute atomic E-state index is 0.310. The fourth-order valence-electron chi connectivity index (χ4n) is 4.45. The first kappa shape index (κ1) is 19.2. The quantitative estimate of drug-likeness (QED) is 0.423. The smallest absolute Gasteiger partial charge is 0.338 e. The van der Waals surface area contributed by atoms with Crippen molar-refractivity contribution < 1.29 is 4.42 Å². The molecule has 0 radical (unpaired) electrons. The molecular formula is C24H24ClN3O2. The third-order valence-electron chi connectivity index (χ3n) is 6.20. The third-order valence-corrected chi connectivity index (χ3v) is 6.44. The van der Waals surface area contributed by atoms with Crippen LogP contribution >= 0.6 is 11.6 Å². The molecule has 5 rings (SSSR count). The number of nitrogens with zero attached hydrogens (tertiary/aromatic N) is 1. The Morgan fingerprint density at radius 3 is 2.80 bits per heavy atom. The van der Waals surface area contributed by atoms with Gasteiger partial charge in [0.25, 0.3) is 0 Å². The van der Waals surface area contributed by atoms with Crippen molar-refractivity contribution in [3.05, 3.63) is 75.7 Å². The Hall–Kier alpha value is -2.76. The van der Waals surface area contributed by atoms with E-state index in [9.17, 15) is 4.79 Å². The van der Waals surface area contributed by atoms with E-state index < -0.39 is 0 Å². The second-order valence-corrected chi connectivity index (χ2v) is 8.51. The van der Waals surface area contributed by atoms with E-state index in [2.05, 4.69) is 46.4 Å². The van der Waals surface area contributed by atoms with E-state index in [4.69, 9.17) is 16.0 Å². The lowest BCUT2D eigenvalue weighted by molar-refractivity contribution is 0.168. The fourth-order valence-corrected chi connectivity index (χ4v) is 4.62. The largest absolute Gasteiger partial charge is 0.423 e. The molecule has 6 heteroatoms. The van der Waals surface area contributed by atoms with E-state index in [0.717, 1.165) is 37.0 Å². The predicted octanol–water partition coefficient (Wildman–Crippen LogP) is 5.57. The molecule has 4 aromatic rings. The zero-order valence-corrected chi connectivity index (χ0v) is 17.6. The van der Waals surface area contributed by atoms with Gasteiger partial charge in [-0.05, 0) is 67.1 Å². The summed E-state index contributed by atoms with van der Waals surface area (Å²) in [6.07, 6.45) is 4.01. The normalized spacial score (nSPS) is 16.9. The number of H-pyrrole nitrogens is 1. The van der Waals surface area contributed by atoms with Crippen LogP contribution in [-0.2, 0) is 0 Å². The number of anilines is 1. The molecule has 0 spiro atoms. The molecule has 0 bridgehead atoms. The number of likely N-dealkylation sites (tertiary alicyclic amines) is 1. The van der Waals surface area contributed by atoms with Crippen LogP contribution in [0.4, 0.5) is 5.69 Å². The van der Waals surface area contributed by atoms with Gasteiger partial charge in [-0.15, -0.1) is 0 Å². The van der Waals surface area contributed by atoms with Gasteiger partial charge in [0, 0.05) is 53.4 Å². The second-order valence-electron chi connectivity index (χ2n) is 8.07. The van der Waals surface area contributed by atoms with Gasteiger partial charge in [0.05, 0.1) is 5.69 Å². The van der Waals surface area contributed by atoms with Crippen LogP contribution in [0.3, 0.4) is 0 Å². The molecule has 0 aliphatic carbocycles. The van der Waals surface area contributed by atoms with Crippen molar-refractivity contribution in [1.82, 2.24) is 9.88 Å². The van der Waals surface area contributed by atoms with Gasteiger partial charge < -0.3 is 14.7 Å². The molecule has 1 fully saturated rings. The molecule has 5 nitrogen and oxygen atoms in total. The highest BCUT2D eigenvalue weighted by atomic mass is 35.5. The van der Waals surface area contributed by atoms with Crippen LogP contribution < -0.4 is 10.9 Å². The van der Waals surface area contributed by atoms with E-state index in [1.54, 1.807) is 12.1 Å². The van der Waals surface area contributed by atoms with Crippen LogP contribution in [0.15, 0.2) is 63.9 Å². The van der Waals surface area contributed by atoms with E-state index in [-0.39, 0.29) is 5.63 Å². The van der Waals surface area contributed by atoms with Gasteiger partial charge >= 0.3 is 5.63 Å². The zero-order valence-electron chi connectivity index (χ0n) is 16.8. The van der Waals surface area contributed by atoms with Crippen molar-refractivity contribution in [1.29, 1.82) is 0 Å². The van der Waals surface area contributed by atoms with Crippen LogP contribution in [0.25, 0.3) is 21.9 Å². The highest BCUT2D eigenvalue weighted by molar-refractivity contribution is 6.31. The Morgan fingerprint density at radius 1 is 1.13 bits per heavy atom. The first-order chi connectivity index (χ1) is 14.6. The van der Waals surface area contributed by atoms with Crippen LogP contribution in [-0.4, -0.2) is 29.0 Å². The average molecular weight is 422 g/mol. The number of rotatable bonds is 4. The van der Waals surface area contributed by atoms with Crippen molar-refractivity contribution >= 4 is 39.2 Å². The van der Waals surface area contributed by atoms with Crippen LogP contribution in [0, 0.1) is 0 Å². The maximum Gasteiger partial charge on any atom is 0.338 e. The van der Waals surface area contributed by atoms with E-state index >= 15 is 0 Å². The van der Waals surface area contributed by atoms with Crippen molar-refractivity contribution in [2.75, 3.05) is 18.4 Å². The monoisotopic (exact) mass is 421 g/mol. The summed E-state index contributed by atoms with van der Waals surface area (Å²) in [5.74, 6) is 0. The van der Waals surface area contributed by atoms with Crippen molar-refractivity contribution in [2.24, 2.45) is 0 Å². The number of benzene rings is 2. The summed E-state index contributed by atoms with van der Waals surface area (Å²) in [5.41, 5.74) is 3.52. The van der Waals surface area contributed by atoms with Gasteiger partial charge in [0.15, 0.2) is 0 Å². The second kappa shape index (κ2) is 7.82. The molecule has 2 aromatic heterocycles. The topological polar surface area (TPSA) is 61.3 Å². The molecule has 1 saturated heterocycles. The molecule has 30 heavy (non-hydrogen) atoms. The lowest BCUT2D eigenvalue weighted by atomic mass is 9.99. The van der Waals surface area contributed by atoms with Gasteiger partial charge in [-0.25, -0.2) is 4.79 Å². The van der Waals surface area contributed by atoms with Gasteiger partial charge in [-0.1, -0.05) is 17.7 Å². The van der Waals surface area contributed by atoms with E-state index in [1.807, 2.05) is 12.3 Å². The molecule has 2 N–H and O–H groups in total. The van der Waals surface area contributed by atoms with Gasteiger partial charge in [0.2, 0.25) is 0 Å². The number of aromatic nitrogens is 1. The summed E-state index contributed by atoms with van der Waals surface area (Å²) in [6.45, 7) is 4.29. The summed E-state index contributed by atoms with van der Waals surface area (Å²) < 4.78 is 5.30. The number of hydrogen-bond donors (Lipinski definition) is 2. The maximum absolute atomic E-state index is 12.0. The van der Waals surface area contributed by atoms with Gasteiger partial charge in [-0.3, -0.25) is 4.90 Å². The predicted molar refractivity (Wildman–Crippen MR) is 122 cm³/mol. The minimum Gasteiger partial charge on any atom is -0.423 e. The SMILES string of the molecule is CC(c1ccc2[nH]ccc2c1)N1CCC(Nc2cc(=O)oc3ccc(Cl)cc23)CC1. The summed E-state index contributed by atoms with van der Waals surface area (Å²) in [5, 5.41) is 6.29. The summed E-state index contributed by atoms with van der Waals surface area (Å²) in [4.78, 5) is 17.7. The standard InChI is InChI=1S/C24H24ClN3O2/c1-15(16-2-4-21-17(12-16)6-9-26-21)28-10-7-19(8-11-28)27-22-14-24(29)30-23-5-3-18(25)13-20(22)23/h2-6,9,12-15,19,26-27H,7-8,10-11H2,1H3. The zero-order chi connectivity index (χ0) is 20.7.